The number of thiazole rings is 1. The van der Waals surface area contributed by atoms with Gasteiger partial charge in [0, 0.05) is 36.6 Å². The first-order valence-electron chi connectivity index (χ1n) is 7.00. The highest BCUT2D eigenvalue weighted by molar-refractivity contribution is 7.09. The van der Waals surface area contributed by atoms with E-state index in [-0.39, 0.29) is 0 Å². The predicted molar refractivity (Wildman–Crippen MR) is 78.2 cm³/mol. The van der Waals surface area contributed by atoms with Gasteiger partial charge in [-0.1, -0.05) is 13.8 Å². The molecule has 0 amide bonds. The number of rotatable bonds is 6. The van der Waals surface area contributed by atoms with Crippen LogP contribution in [0.15, 0.2) is 5.38 Å². The molecule has 1 aliphatic rings. The molecule has 2 rings (SSSR count). The fraction of sp³-hybridized carbons (Fsp3) is 0.786. The molecular weight excluding hydrogens is 242 g/mol. The average molecular weight is 267 g/mol. The van der Waals surface area contributed by atoms with E-state index in [1.54, 1.807) is 11.3 Å². The highest BCUT2D eigenvalue weighted by Crippen LogP contribution is 2.17. The molecule has 102 valence electrons. The lowest BCUT2D eigenvalue weighted by atomic mass is 10.1. The lowest BCUT2D eigenvalue weighted by Gasteiger charge is -2.16. The second kappa shape index (κ2) is 6.64. The van der Waals surface area contributed by atoms with Crippen molar-refractivity contribution in [3.63, 3.8) is 0 Å². The lowest BCUT2D eigenvalue weighted by molar-refractivity contribution is 0.324. The van der Waals surface area contributed by atoms with E-state index in [4.69, 9.17) is 0 Å². The quantitative estimate of drug-likeness (QED) is 0.857. The Bertz CT molecular complexity index is 362. The van der Waals surface area contributed by atoms with Crippen molar-refractivity contribution < 1.29 is 0 Å². The van der Waals surface area contributed by atoms with Gasteiger partial charge in [-0.2, -0.15) is 0 Å². The van der Waals surface area contributed by atoms with Crippen molar-refractivity contribution in [3.8, 4) is 0 Å². The summed E-state index contributed by atoms with van der Waals surface area (Å²) in [7, 11) is 0. The van der Waals surface area contributed by atoms with Crippen LogP contribution in [-0.4, -0.2) is 42.1 Å². The molecular formula is C14H25N3S. The zero-order chi connectivity index (χ0) is 13.0. The van der Waals surface area contributed by atoms with E-state index in [2.05, 4.69) is 41.4 Å². The van der Waals surface area contributed by atoms with Crippen LogP contribution in [0.2, 0.25) is 0 Å². The van der Waals surface area contributed by atoms with Crippen LogP contribution in [0.3, 0.4) is 0 Å². The van der Waals surface area contributed by atoms with Crippen molar-refractivity contribution in [3.05, 3.63) is 16.1 Å². The number of aryl methyl sites for hydroxylation is 1. The van der Waals surface area contributed by atoms with Gasteiger partial charge >= 0.3 is 0 Å². The largest absolute Gasteiger partial charge is 0.314 e. The first-order chi connectivity index (χ1) is 8.63. The van der Waals surface area contributed by atoms with Crippen molar-refractivity contribution in [2.75, 3.05) is 26.2 Å². The Hall–Kier alpha value is -0.450. The van der Waals surface area contributed by atoms with E-state index in [0.717, 1.165) is 18.0 Å². The molecule has 1 aliphatic heterocycles. The number of hydrogen-bond donors (Lipinski definition) is 1. The predicted octanol–water partition coefficient (Wildman–Crippen LogP) is 2.31. The van der Waals surface area contributed by atoms with Crippen LogP contribution in [0, 0.1) is 12.8 Å². The number of aromatic nitrogens is 1. The van der Waals surface area contributed by atoms with Gasteiger partial charge in [0.2, 0.25) is 0 Å². The van der Waals surface area contributed by atoms with Crippen LogP contribution in [0.1, 0.15) is 31.0 Å². The molecule has 0 bridgehead atoms. The first-order valence-corrected chi connectivity index (χ1v) is 7.88. The third-order valence-electron chi connectivity index (χ3n) is 3.49. The normalized spacial score (nSPS) is 21.0. The van der Waals surface area contributed by atoms with Gasteiger partial charge in [-0.15, -0.1) is 11.3 Å². The van der Waals surface area contributed by atoms with Crippen molar-refractivity contribution in [2.45, 2.75) is 39.7 Å². The standard InChI is InChI=1S/C14H25N3S/c1-11(2)15-8-13-4-6-17(9-13)7-5-14-16-12(3)10-18-14/h10-11,13,15H,4-9H2,1-3H3. The minimum absolute atomic E-state index is 0.609. The summed E-state index contributed by atoms with van der Waals surface area (Å²) in [4.78, 5) is 7.12. The SMILES string of the molecule is Cc1csc(CCN2CCC(CNC(C)C)C2)n1. The molecule has 2 heterocycles. The van der Waals surface area contributed by atoms with Gasteiger partial charge in [0.25, 0.3) is 0 Å². The Balaban J connectivity index is 1.66. The number of nitrogens with zero attached hydrogens (tertiary/aromatic N) is 2. The Morgan fingerprint density at radius 2 is 2.39 bits per heavy atom. The maximum Gasteiger partial charge on any atom is 0.0940 e. The Morgan fingerprint density at radius 1 is 1.56 bits per heavy atom. The second-order valence-corrected chi connectivity index (χ2v) is 6.59. The van der Waals surface area contributed by atoms with E-state index in [1.165, 1.54) is 37.6 Å². The van der Waals surface area contributed by atoms with Crippen LogP contribution in [-0.2, 0) is 6.42 Å². The number of hydrogen-bond acceptors (Lipinski definition) is 4. The maximum absolute atomic E-state index is 4.53. The maximum atomic E-state index is 4.53. The Kier molecular flexibility index (Phi) is 5.15. The molecule has 0 aliphatic carbocycles. The summed E-state index contributed by atoms with van der Waals surface area (Å²) in [5.41, 5.74) is 1.16. The van der Waals surface area contributed by atoms with Crippen LogP contribution >= 0.6 is 11.3 Å². The smallest absolute Gasteiger partial charge is 0.0940 e. The molecule has 0 aromatic carbocycles. The zero-order valence-corrected chi connectivity index (χ0v) is 12.6. The van der Waals surface area contributed by atoms with Gasteiger partial charge in [0.1, 0.15) is 0 Å². The molecule has 1 saturated heterocycles. The zero-order valence-electron chi connectivity index (χ0n) is 11.8. The lowest BCUT2D eigenvalue weighted by Crippen LogP contribution is -2.31. The van der Waals surface area contributed by atoms with Gasteiger partial charge < -0.3 is 10.2 Å². The highest BCUT2D eigenvalue weighted by Gasteiger charge is 2.22. The molecule has 1 fully saturated rings. The van der Waals surface area contributed by atoms with Crippen LogP contribution < -0.4 is 5.32 Å². The fourth-order valence-electron chi connectivity index (χ4n) is 2.46. The van der Waals surface area contributed by atoms with Gasteiger partial charge in [-0.3, -0.25) is 0 Å². The average Bonchev–Trinajstić information content (AvgIpc) is 2.93. The second-order valence-electron chi connectivity index (χ2n) is 5.65. The highest BCUT2D eigenvalue weighted by atomic mass is 32.1. The topological polar surface area (TPSA) is 28.2 Å². The van der Waals surface area contributed by atoms with E-state index < -0.39 is 0 Å². The van der Waals surface area contributed by atoms with Crippen molar-refractivity contribution in [1.82, 2.24) is 15.2 Å². The molecule has 1 aromatic heterocycles. The molecule has 18 heavy (non-hydrogen) atoms. The van der Waals surface area contributed by atoms with Crippen LogP contribution in [0.5, 0.6) is 0 Å². The molecule has 1 aromatic rings. The molecule has 0 radical (unpaired) electrons. The van der Waals surface area contributed by atoms with Crippen molar-refractivity contribution >= 4 is 11.3 Å². The van der Waals surface area contributed by atoms with E-state index in [0.29, 0.717) is 6.04 Å². The van der Waals surface area contributed by atoms with Gasteiger partial charge in [0.15, 0.2) is 0 Å². The molecule has 0 saturated carbocycles. The third-order valence-corrected chi connectivity index (χ3v) is 4.52. The summed E-state index contributed by atoms with van der Waals surface area (Å²) in [6, 6.07) is 0.609. The van der Waals surface area contributed by atoms with Gasteiger partial charge in [0.05, 0.1) is 5.01 Å². The third kappa shape index (κ3) is 4.34. The molecule has 1 atom stereocenters. The Labute approximate surface area is 115 Å². The summed E-state index contributed by atoms with van der Waals surface area (Å²) in [5.74, 6) is 0.838. The minimum Gasteiger partial charge on any atom is -0.314 e. The molecule has 1 unspecified atom stereocenters. The number of nitrogens with one attached hydrogen (secondary N) is 1. The van der Waals surface area contributed by atoms with Crippen LogP contribution in [0.4, 0.5) is 0 Å². The van der Waals surface area contributed by atoms with Gasteiger partial charge in [-0.05, 0) is 32.4 Å². The van der Waals surface area contributed by atoms with Gasteiger partial charge in [-0.25, -0.2) is 4.98 Å². The molecule has 3 nitrogen and oxygen atoms in total. The monoisotopic (exact) mass is 267 g/mol. The summed E-state index contributed by atoms with van der Waals surface area (Å²) in [5, 5.41) is 6.98. The Morgan fingerprint density at radius 3 is 3.06 bits per heavy atom. The fourth-order valence-corrected chi connectivity index (χ4v) is 3.22. The summed E-state index contributed by atoms with van der Waals surface area (Å²) in [6.45, 7) is 11.4. The number of likely N-dealkylation sites (tertiary alicyclic amines) is 1. The summed E-state index contributed by atoms with van der Waals surface area (Å²) in [6.07, 6.45) is 2.46. The molecule has 1 N–H and O–H groups in total. The van der Waals surface area contributed by atoms with Crippen molar-refractivity contribution in [2.24, 2.45) is 5.92 Å². The summed E-state index contributed by atoms with van der Waals surface area (Å²) >= 11 is 1.80. The van der Waals surface area contributed by atoms with E-state index in [9.17, 15) is 0 Å². The molecule has 4 heteroatoms. The van der Waals surface area contributed by atoms with E-state index in [1.807, 2.05) is 0 Å². The molecule has 0 spiro atoms. The minimum atomic E-state index is 0.609. The first kappa shape index (κ1) is 14.0. The van der Waals surface area contributed by atoms with E-state index >= 15 is 0 Å². The van der Waals surface area contributed by atoms with Crippen LogP contribution in [0.25, 0.3) is 0 Å². The van der Waals surface area contributed by atoms with Crippen molar-refractivity contribution in [1.29, 1.82) is 0 Å². The summed E-state index contributed by atoms with van der Waals surface area (Å²) < 4.78 is 0.